The Labute approximate surface area is 130 Å². The van der Waals surface area contributed by atoms with E-state index < -0.39 is 0 Å². The number of benzene rings is 1. The Morgan fingerprint density at radius 2 is 2.30 bits per heavy atom. The van der Waals surface area contributed by atoms with Crippen LogP contribution in [0.4, 0.5) is 10.5 Å². The van der Waals surface area contributed by atoms with Gasteiger partial charge in [-0.2, -0.15) is 5.10 Å². The van der Waals surface area contributed by atoms with Crippen molar-refractivity contribution in [2.45, 2.75) is 13.0 Å². The predicted octanol–water partition coefficient (Wildman–Crippen LogP) is 3.51. The molecule has 2 rings (SSSR count). The van der Waals surface area contributed by atoms with E-state index in [4.69, 9.17) is 11.6 Å². The fourth-order valence-electron chi connectivity index (χ4n) is 1.65. The lowest BCUT2D eigenvalue weighted by atomic mass is 10.3. The molecule has 0 spiro atoms. The van der Waals surface area contributed by atoms with Crippen LogP contribution in [0, 0.1) is 0 Å². The Kier molecular flexibility index (Phi) is 5.43. The summed E-state index contributed by atoms with van der Waals surface area (Å²) in [7, 11) is 0. The van der Waals surface area contributed by atoms with Gasteiger partial charge in [0.1, 0.15) is 0 Å². The molecule has 2 amide bonds. The molecule has 0 saturated heterocycles. The number of nitrogens with zero attached hydrogens (tertiary/aromatic N) is 2. The summed E-state index contributed by atoms with van der Waals surface area (Å²) in [6, 6.07) is 6.78. The van der Waals surface area contributed by atoms with Gasteiger partial charge in [0.25, 0.3) is 0 Å². The summed E-state index contributed by atoms with van der Waals surface area (Å²) in [4.78, 5) is 11.6. The van der Waals surface area contributed by atoms with Crippen molar-refractivity contribution in [3.8, 4) is 0 Å². The molecule has 0 radical (unpaired) electrons. The van der Waals surface area contributed by atoms with Crippen molar-refractivity contribution in [1.82, 2.24) is 15.1 Å². The van der Waals surface area contributed by atoms with Crippen molar-refractivity contribution in [3.63, 3.8) is 0 Å². The lowest BCUT2D eigenvalue weighted by Crippen LogP contribution is -2.30. The molecular weight excluding hydrogens is 344 g/mol. The molecule has 2 aromatic rings. The highest BCUT2D eigenvalue weighted by molar-refractivity contribution is 9.10. The Bertz CT molecular complexity index is 587. The summed E-state index contributed by atoms with van der Waals surface area (Å²) in [6.45, 7) is 1.33. The molecule has 0 fully saturated rings. The number of aromatic nitrogens is 2. The molecule has 1 heterocycles. The Morgan fingerprint density at radius 3 is 3.00 bits per heavy atom. The van der Waals surface area contributed by atoms with Gasteiger partial charge in [0.2, 0.25) is 0 Å². The summed E-state index contributed by atoms with van der Waals surface area (Å²) >= 11 is 9.17. The van der Waals surface area contributed by atoms with Crippen LogP contribution in [0.15, 0.2) is 41.1 Å². The van der Waals surface area contributed by atoms with Crippen LogP contribution in [0.2, 0.25) is 5.02 Å². The van der Waals surface area contributed by atoms with Crippen molar-refractivity contribution in [2.24, 2.45) is 0 Å². The molecule has 0 unspecified atom stereocenters. The number of nitrogens with one attached hydrogen (secondary N) is 2. The fourth-order valence-corrected chi connectivity index (χ4v) is 2.16. The zero-order valence-electron chi connectivity index (χ0n) is 10.6. The Hall–Kier alpha value is -1.53. The third kappa shape index (κ3) is 4.86. The molecule has 0 saturated carbocycles. The van der Waals surface area contributed by atoms with E-state index in [1.54, 1.807) is 30.5 Å². The number of rotatable bonds is 5. The third-order valence-corrected chi connectivity index (χ3v) is 3.18. The second-order valence-electron chi connectivity index (χ2n) is 4.17. The number of halogens is 2. The minimum Gasteiger partial charge on any atom is -0.338 e. The first-order valence-electron chi connectivity index (χ1n) is 6.12. The first kappa shape index (κ1) is 14.9. The molecule has 0 aliphatic carbocycles. The number of anilines is 1. The van der Waals surface area contributed by atoms with Crippen LogP contribution in [0.3, 0.4) is 0 Å². The molecule has 2 N–H and O–H groups in total. The highest BCUT2D eigenvalue weighted by atomic mass is 79.9. The van der Waals surface area contributed by atoms with Crippen molar-refractivity contribution < 1.29 is 4.79 Å². The lowest BCUT2D eigenvalue weighted by Gasteiger charge is -2.07. The lowest BCUT2D eigenvalue weighted by molar-refractivity contribution is 0.251. The second-order valence-corrected chi connectivity index (χ2v) is 5.52. The van der Waals surface area contributed by atoms with Gasteiger partial charge in [-0.05, 0) is 40.5 Å². The molecule has 7 heteroatoms. The van der Waals surface area contributed by atoms with Crippen molar-refractivity contribution in [3.05, 3.63) is 46.2 Å². The van der Waals surface area contributed by atoms with E-state index in [1.807, 2.05) is 10.9 Å². The Morgan fingerprint density at radius 1 is 1.45 bits per heavy atom. The monoisotopic (exact) mass is 356 g/mol. The molecule has 0 atom stereocenters. The number of aryl methyl sites for hydroxylation is 1. The van der Waals surface area contributed by atoms with Gasteiger partial charge in [0.15, 0.2) is 0 Å². The number of urea groups is 1. The van der Waals surface area contributed by atoms with Crippen molar-refractivity contribution >= 4 is 39.2 Å². The average Bonchev–Trinajstić information content (AvgIpc) is 2.80. The molecule has 106 valence electrons. The third-order valence-electron chi connectivity index (χ3n) is 2.53. The summed E-state index contributed by atoms with van der Waals surface area (Å²) in [5, 5.41) is 10.2. The van der Waals surface area contributed by atoms with Gasteiger partial charge in [-0.25, -0.2) is 4.79 Å². The first-order chi connectivity index (χ1) is 9.63. The SMILES string of the molecule is O=C(NCCCn1cc(Br)cn1)Nc1cccc(Cl)c1. The molecule has 0 aliphatic heterocycles. The van der Waals surface area contributed by atoms with E-state index in [2.05, 4.69) is 31.7 Å². The largest absolute Gasteiger partial charge is 0.338 e. The second kappa shape index (κ2) is 7.31. The predicted molar refractivity (Wildman–Crippen MR) is 83.0 cm³/mol. The van der Waals surface area contributed by atoms with E-state index in [0.717, 1.165) is 17.4 Å². The maximum Gasteiger partial charge on any atom is 0.319 e. The number of amides is 2. The van der Waals surface area contributed by atoms with Crippen LogP contribution in [-0.2, 0) is 6.54 Å². The van der Waals surface area contributed by atoms with Gasteiger partial charge in [-0.3, -0.25) is 4.68 Å². The minimum atomic E-state index is -0.242. The molecular formula is C13H14BrClN4O. The highest BCUT2D eigenvalue weighted by Gasteiger charge is 2.01. The van der Waals surface area contributed by atoms with Crippen LogP contribution in [0.5, 0.6) is 0 Å². The van der Waals surface area contributed by atoms with Crippen LogP contribution >= 0.6 is 27.5 Å². The first-order valence-corrected chi connectivity index (χ1v) is 7.29. The van der Waals surface area contributed by atoms with Crippen molar-refractivity contribution in [1.29, 1.82) is 0 Å². The van der Waals surface area contributed by atoms with Gasteiger partial charge >= 0.3 is 6.03 Å². The average molecular weight is 358 g/mol. The standard InChI is InChI=1S/C13H14BrClN4O/c14-10-8-17-19(9-10)6-2-5-16-13(20)18-12-4-1-3-11(15)7-12/h1,3-4,7-9H,2,5-6H2,(H2,16,18,20). The summed E-state index contributed by atoms with van der Waals surface area (Å²) in [5.41, 5.74) is 0.672. The van der Waals surface area contributed by atoms with Gasteiger partial charge in [0, 0.05) is 30.0 Å². The zero-order chi connectivity index (χ0) is 14.4. The topological polar surface area (TPSA) is 59.0 Å². The van der Waals surface area contributed by atoms with Gasteiger partial charge in [0.05, 0.1) is 10.7 Å². The van der Waals surface area contributed by atoms with E-state index in [0.29, 0.717) is 17.3 Å². The number of carbonyl (C=O) groups excluding carboxylic acids is 1. The molecule has 20 heavy (non-hydrogen) atoms. The van der Waals surface area contributed by atoms with Gasteiger partial charge < -0.3 is 10.6 Å². The van der Waals surface area contributed by atoms with Crippen LogP contribution in [-0.4, -0.2) is 22.4 Å². The van der Waals surface area contributed by atoms with Crippen molar-refractivity contribution in [2.75, 3.05) is 11.9 Å². The van der Waals surface area contributed by atoms with E-state index >= 15 is 0 Å². The summed E-state index contributed by atoms with van der Waals surface area (Å²) in [5.74, 6) is 0. The smallest absolute Gasteiger partial charge is 0.319 e. The maximum absolute atomic E-state index is 11.6. The van der Waals surface area contributed by atoms with Crippen LogP contribution in [0.25, 0.3) is 0 Å². The minimum absolute atomic E-state index is 0.242. The van der Waals surface area contributed by atoms with E-state index in [-0.39, 0.29) is 6.03 Å². The van der Waals surface area contributed by atoms with E-state index in [9.17, 15) is 4.79 Å². The van der Waals surface area contributed by atoms with Crippen LogP contribution < -0.4 is 10.6 Å². The quantitative estimate of drug-likeness (QED) is 0.805. The molecule has 1 aromatic carbocycles. The molecule has 0 bridgehead atoms. The Balaban J connectivity index is 1.67. The summed E-state index contributed by atoms with van der Waals surface area (Å²) < 4.78 is 2.77. The highest BCUT2D eigenvalue weighted by Crippen LogP contribution is 2.14. The van der Waals surface area contributed by atoms with Gasteiger partial charge in [-0.15, -0.1) is 0 Å². The number of hydrogen-bond acceptors (Lipinski definition) is 2. The molecule has 5 nitrogen and oxygen atoms in total. The number of hydrogen-bond donors (Lipinski definition) is 2. The molecule has 0 aliphatic rings. The fraction of sp³-hybridized carbons (Fsp3) is 0.231. The zero-order valence-corrected chi connectivity index (χ0v) is 13.0. The maximum atomic E-state index is 11.6. The summed E-state index contributed by atoms with van der Waals surface area (Å²) in [6.07, 6.45) is 4.43. The number of carbonyl (C=O) groups is 1. The van der Waals surface area contributed by atoms with Gasteiger partial charge in [-0.1, -0.05) is 17.7 Å². The normalized spacial score (nSPS) is 10.3. The van der Waals surface area contributed by atoms with Crippen LogP contribution in [0.1, 0.15) is 6.42 Å². The van der Waals surface area contributed by atoms with E-state index in [1.165, 1.54) is 0 Å². The molecule has 1 aromatic heterocycles.